The average molecular weight is 482 g/mol. The van der Waals surface area contributed by atoms with E-state index >= 15 is 0 Å². The van der Waals surface area contributed by atoms with E-state index in [2.05, 4.69) is 15.6 Å². The molecule has 10 heteroatoms. The summed E-state index contributed by atoms with van der Waals surface area (Å²) in [5.74, 6) is -0.0673. The van der Waals surface area contributed by atoms with Crippen LogP contribution in [0, 0.1) is 13.8 Å². The first kappa shape index (κ1) is 23.1. The van der Waals surface area contributed by atoms with E-state index < -0.39 is 21.8 Å². The second kappa shape index (κ2) is 9.44. The van der Waals surface area contributed by atoms with Crippen LogP contribution < -0.4 is 25.0 Å². The minimum Gasteiger partial charge on any atom is -0.486 e. The summed E-state index contributed by atoms with van der Waals surface area (Å²) in [5.41, 5.74) is 6.97. The molecule has 0 radical (unpaired) electrons. The molecule has 4 rings (SSSR count). The van der Waals surface area contributed by atoms with E-state index in [1.807, 2.05) is 13.0 Å². The highest BCUT2D eigenvalue weighted by molar-refractivity contribution is 7.92. The van der Waals surface area contributed by atoms with Gasteiger partial charge in [-0.05, 0) is 73.5 Å². The van der Waals surface area contributed by atoms with Crippen LogP contribution in [0.3, 0.4) is 0 Å². The zero-order valence-corrected chi connectivity index (χ0v) is 19.4. The molecule has 0 bridgehead atoms. The number of hydrogen-bond acceptors (Lipinski definition) is 6. The van der Waals surface area contributed by atoms with Crippen LogP contribution in [0.5, 0.6) is 11.5 Å². The number of anilines is 1. The Morgan fingerprint density at radius 3 is 2.09 bits per heavy atom. The highest BCUT2D eigenvalue weighted by Crippen LogP contribution is 2.30. The molecule has 3 aromatic carbocycles. The number of amides is 2. The fraction of sp³-hybridized carbons (Fsp3) is 0.167. The number of aryl methyl sites for hydroxylation is 2. The van der Waals surface area contributed by atoms with Crippen molar-refractivity contribution in [2.75, 3.05) is 17.9 Å². The first-order valence-electron chi connectivity index (χ1n) is 10.4. The second-order valence-electron chi connectivity index (χ2n) is 7.72. The Kier molecular flexibility index (Phi) is 6.42. The SMILES string of the molecule is Cc1ccc(C)c(S(=O)(=O)Nc2ccc(C(=O)NNC(=O)c3ccc4c(c3)OCCO4)cc2)c1. The summed E-state index contributed by atoms with van der Waals surface area (Å²) in [7, 11) is -3.79. The number of sulfonamides is 1. The lowest BCUT2D eigenvalue weighted by molar-refractivity contribution is 0.0846. The standard InChI is InChI=1S/C24H23N3O6S/c1-15-3-4-16(2)22(13-15)34(30,31)27-19-8-5-17(6-9-19)23(28)25-26-24(29)18-7-10-20-21(14-18)33-12-11-32-20/h3-10,13-14,27H,11-12H2,1-2H3,(H,25,28)(H,26,29). The van der Waals surface area contributed by atoms with E-state index in [4.69, 9.17) is 9.47 Å². The molecular formula is C24H23N3O6S. The molecule has 34 heavy (non-hydrogen) atoms. The molecular weight excluding hydrogens is 458 g/mol. The molecule has 0 saturated heterocycles. The van der Waals surface area contributed by atoms with Gasteiger partial charge in [0.1, 0.15) is 13.2 Å². The van der Waals surface area contributed by atoms with Gasteiger partial charge in [-0.25, -0.2) is 8.42 Å². The van der Waals surface area contributed by atoms with Crippen molar-refractivity contribution in [3.05, 3.63) is 82.9 Å². The molecule has 0 unspecified atom stereocenters. The quantitative estimate of drug-likeness (QED) is 0.482. The number of benzene rings is 3. The molecule has 3 N–H and O–H groups in total. The summed E-state index contributed by atoms with van der Waals surface area (Å²) >= 11 is 0. The van der Waals surface area contributed by atoms with Crippen LogP contribution in [0.1, 0.15) is 31.8 Å². The molecule has 0 aliphatic carbocycles. The third kappa shape index (κ3) is 5.12. The van der Waals surface area contributed by atoms with E-state index in [9.17, 15) is 18.0 Å². The molecule has 0 spiro atoms. The van der Waals surface area contributed by atoms with Crippen LogP contribution >= 0.6 is 0 Å². The molecule has 0 saturated carbocycles. The monoisotopic (exact) mass is 481 g/mol. The third-order valence-electron chi connectivity index (χ3n) is 5.13. The maximum Gasteiger partial charge on any atom is 0.269 e. The number of hydrazine groups is 1. The number of rotatable bonds is 5. The van der Waals surface area contributed by atoms with Crippen molar-refractivity contribution < 1.29 is 27.5 Å². The van der Waals surface area contributed by atoms with E-state index in [0.717, 1.165) is 5.56 Å². The van der Waals surface area contributed by atoms with Crippen molar-refractivity contribution in [2.45, 2.75) is 18.7 Å². The number of hydrogen-bond donors (Lipinski definition) is 3. The van der Waals surface area contributed by atoms with Gasteiger partial charge in [-0.1, -0.05) is 12.1 Å². The maximum absolute atomic E-state index is 12.7. The minimum atomic E-state index is -3.79. The van der Waals surface area contributed by atoms with Gasteiger partial charge in [-0.3, -0.25) is 25.2 Å². The molecule has 1 heterocycles. The Labute approximate surface area is 197 Å². The topological polar surface area (TPSA) is 123 Å². The Morgan fingerprint density at radius 1 is 0.765 bits per heavy atom. The smallest absolute Gasteiger partial charge is 0.269 e. The fourth-order valence-corrected chi connectivity index (χ4v) is 4.73. The zero-order chi connectivity index (χ0) is 24.3. The van der Waals surface area contributed by atoms with Crippen molar-refractivity contribution in [1.29, 1.82) is 0 Å². The lowest BCUT2D eigenvalue weighted by atomic mass is 10.2. The summed E-state index contributed by atoms with van der Waals surface area (Å²) < 4.78 is 38.9. The highest BCUT2D eigenvalue weighted by atomic mass is 32.2. The van der Waals surface area contributed by atoms with E-state index in [1.165, 1.54) is 30.3 Å². The van der Waals surface area contributed by atoms with Gasteiger partial charge in [0.05, 0.1) is 4.90 Å². The van der Waals surface area contributed by atoms with Gasteiger partial charge in [0.25, 0.3) is 21.8 Å². The van der Waals surface area contributed by atoms with Crippen molar-refractivity contribution >= 4 is 27.5 Å². The first-order chi connectivity index (χ1) is 16.2. The minimum absolute atomic E-state index is 0.191. The first-order valence-corrected chi connectivity index (χ1v) is 11.9. The van der Waals surface area contributed by atoms with Crippen LogP contribution in [-0.2, 0) is 10.0 Å². The summed E-state index contributed by atoms with van der Waals surface area (Å²) in [6, 6.07) is 15.8. The molecule has 1 aliphatic heterocycles. The maximum atomic E-state index is 12.7. The highest BCUT2D eigenvalue weighted by Gasteiger charge is 2.18. The number of fused-ring (bicyclic) bond motifs is 1. The van der Waals surface area contributed by atoms with Gasteiger partial charge in [0.2, 0.25) is 0 Å². The van der Waals surface area contributed by atoms with Crippen molar-refractivity contribution in [1.82, 2.24) is 10.9 Å². The third-order valence-corrected chi connectivity index (χ3v) is 6.65. The lowest BCUT2D eigenvalue weighted by Crippen LogP contribution is -2.41. The summed E-state index contributed by atoms with van der Waals surface area (Å²) in [6.07, 6.45) is 0. The molecule has 176 valence electrons. The molecule has 0 fully saturated rings. The van der Waals surface area contributed by atoms with Gasteiger partial charge in [0, 0.05) is 16.8 Å². The number of ether oxygens (including phenoxy) is 2. The fourth-order valence-electron chi connectivity index (χ4n) is 3.34. The molecule has 0 aromatic heterocycles. The Bertz CT molecular complexity index is 1350. The summed E-state index contributed by atoms with van der Waals surface area (Å²) in [4.78, 5) is 25.0. The van der Waals surface area contributed by atoms with Crippen molar-refractivity contribution in [3.8, 4) is 11.5 Å². The van der Waals surface area contributed by atoms with Gasteiger partial charge < -0.3 is 9.47 Å². The molecule has 0 atom stereocenters. The average Bonchev–Trinajstić information content (AvgIpc) is 2.83. The Balaban J connectivity index is 1.37. The second-order valence-corrected chi connectivity index (χ2v) is 9.37. The van der Waals surface area contributed by atoms with E-state index in [0.29, 0.717) is 41.5 Å². The van der Waals surface area contributed by atoms with Gasteiger partial charge >= 0.3 is 0 Å². The van der Waals surface area contributed by atoms with Gasteiger partial charge in [-0.15, -0.1) is 0 Å². The normalized spacial score (nSPS) is 12.5. The predicted octanol–water partition coefficient (Wildman–Crippen LogP) is 2.95. The number of nitrogens with one attached hydrogen (secondary N) is 3. The largest absolute Gasteiger partial charge is 0.486 e. The van der Waals surface area contributed by atoms with Crippen LogP contribution in [-0.4, -0.2) is 33.4 Å². The molecule has 9 nitrogen and oxygen atoms in total. The van der Waals surface area contributed by atoms with E-state index in [1.54, 1.807) is 31.2 Å². The van der Waals surface area contributed by atoms with E-state index in [-0.39, 0.29) is 10.5 Å². The van der Waals surface area contributed by atoms with Gasteiger partial charge in [0.15, 0.2) is 11.5 Å². The van der Waals surface area contributed by atoms with Crippen LogP contribution in [0.25, 0.3) is 0 Å². The van der Waals surface area contributed by atoms with Gasteiger partial charge in [-0.2, -0.15) is 0 Å². The van der Waals surface area contributed by atoms with Crippen molar-refractivity contribution in [2.24, 2.45) is 0 Å². The van der Waals surface area contributed by atoms with Crippen LogP contribution in [0.2, 0.25) is 0 Å². The van der Waals surface area contributed by atoms with Crippen LogP contribution in [0.4, 0.5) is 5.69 Å². The summed E-state index contributed by atoms with van der Waals surface area (Å²) in [5, 5.41) is 0. The van der Waals surface area contributed by atoms with Crippen LogP contribution in [0.15, 0.2) is 65.6 Å². The Morgan fingerprint density at radius 2 is 1.38 bits per heavy atom. The molecule has 3 aromatic rings. The summed E-state index contributed by atoms with van der Waals surface area (Å²) in [6.45, 7) is 4.38. The predicted molar refractivity (Wildman–Crippen MR) is 126 cm³/mol. The molecule has 2 amide bonds. The zero-order valence-electron chi connectivity index (χ0n) is 18.5. The lowest BCUT2D eigenvalue weighted by Gasteiger charge is -2.18. The number of carbonyl (C=O) groups is 2. The molecule has 1 aliphatic rings. The van der Waals surface area contributed by atoms with Crippen molar-refractivity contribution in [3.63, 3.8) is 0 Å². The number of carbonyl (C=O) groups excluding carboxylic acids is 2. The Hall–Kier alpha value is -4.05.